The van der Waals surface area contributed by atoms with E-state index in [4.69, 9.17) is 5.11 Å². The van der Waals surface area contributed by atoms with Gasteiger partial charge in [-0.3, -0.25) is 0 Å². The van der Waals surface area contributed by atoms with Gasteiger partial charge in [-0.25, -0.2) is 4.98 Å². The number of aliphatic hydroxyl groups excluding tert-OH is 1. The van der Waals surface area contributed by atoms with Crippen LogP contribution in [0.1, 0.15) is 30.3 Å². The van der Waals surface area contributed by atoms with Crippen LogP contribution < -0.4 is 0 Å². The summed E-state index contributed by atoms with van der Waals surface area (Å²) in [5, 5.41) is 9.07. The number of aromatic nitrogens is 2. The Morgan fingerprint density at radius 3 is 2.94 bits per heavy atom. The SMILES string of the molecule is Cc1ccc2c(c1)nc(CCO)n2C1CC1. The summed E-state index contributed by atoms with van der Waals surface area (Å²) in [5.74, 6) is 1.03. The van der Waals surface area contributed by atoms with Gasteiger partial charge in [-0.2, -0.15) is 0 Å². The molecule has 2 aromatic rings. The average Bonchev–Trinajstić information content (AvgIpc) is 3.02. The van der Waals surface area contributed by atoms with Crippen molar-refractivity contribution in [2.45, 2.75) is 32.2 Å². The maximum absolute atomic E-state index is 9.07. The molecule has 0 aliphatic heterocycles. The van der Waals surface area contributed by atoms with E-state index in [1.54, 1.807) is 0 Å². The van der Waals surface area contributed by atoms with Gasteiger partial charge in [0.15, 0.2) is 0 Å². The highest BCUT2D eigenvalue weighted by molar-refractivity contribution is 5.77. The van der Waals surface area contributed by atoms with E-state index < -0.39 is 0 Å². The predicted octanol–water partition coefficient (Wildman–Crippen LogP) is 2.21. The summed E-state index contributed by atoms with van der Waals surface area (Å²) in [6, 6.07) is 7.02. The number of aryl methyl sites for hydroxylation is 1. The maximum Gasteiger partial charge on any atom is 0.112 e. The van der Waals surface area contributed by atoms with Crippen LogP contribution in [0.5, 0.6) is 0 Å². The maximum atomic E-state index is 9.07. The third kappa shape index (κ3) is 1.52. The number of hydrogen-bond acceptors (Lipinski definition) is 2. The van der Waals surface area contributed by atoms with E-state index in [0.717, 1.165) is 11.3 Å². The van der Waals surface area contributed by atoms with Crippen LogP contribution in [0, 0.1) is 6.92 Å². The summed E-state index contributed by atoms with van der Waals surface area (Å²) < 4.78 is 2.31. The zero-order valence-electron chi connectivity index (χ0n) is 9.48. The molecule has 1 aromatic carbocycles. The number of benzene rings is 1. The lowest BCUT2D eigenvalue weighted by Crippen LogP contribution is -2.03. The number of nitrogens with zero attached hydrogens (tertiary/aromatic N) is 2. The van der Waals surface area contributed by atoms with Crippen LogP contribution in [-0.4, -0.2) is 21.3 Å². The molecular formula is C13H16N2O. The van der Waals surface area contributed by atoms with Crippen LogP contribution in [-0.2, 0) is 6.42 Å². The van der Waals surface area contributed by atoms with Crippen LogP contribution in [0.15, 0.2) is 18.2 Å². The van der Waals surface area contributed by atoms with Gasteiger partial charge in [-0.1, -0.05) is 6.07 Å². The van der Waals surface area contributed by atoms with E-state index in [-0.39, 0.29) is 6.61 Å². The van der Waals surface area contributed by atoms with Crippen molar-refractivity contribution in [1.29, 1.82) is 0 Å². The van der Waals surface area contributed by atoms with Crippen LogP contribution in [0.3, 0.4) is 0 Å². The monoisotopic (exact) mass is 216 g/mol. The van der Waals surface area contributed by atoms with Crippen molar-refractivity contribution in [3.63, 3.8) is 0 Å². The lowest BCUT2D eigenvalue weighted by atomic mass is 10.2. The highest BCUT2D eigenvalue weighted by Crippen LogP contribution is 2.38. The molecule has 1 heterocycles. The first-order chi connectivity index (χ1) is 7.79. The fourth-order valence-corrected chi connectivity index (χ4v) is 2.28. The van der Waals surface area contributed by atoms with Crippen molar-refractivity contribution >= 4 is 11.0 Å². The van der Waals surface area contributed by atoms with Gasteiger partial charge in [0.2, 0.25) is 0 Å². The molecule has 1 N–H and O–H groups in total. The highest BCUT2D eigenvalue weighted by atomic mass is 16.3. The molecule has 0 spiro atoms. The fourth-order valence-electron chi connectivity index (χ4n) is 2.28. The van der Waals surface area contributed by atoms with Gasteiger partial charge in [-0.05, 0) is 37.5 Å². The molecule has 0 bridgehead atoms. The number of hydrogen-bond donors (Lipinski definition) is 1. The Kier molecular flexibility index (Phi) is 2.21. The van der Waals surface area contributed by atoms with Crippen LogP contribution in [0.2, 0.25) is 0 Å². The van der Waals surface area contributed by atoms with Gasteiger partial charge in [0.05, 0.1) is 17.6 Å². The van der Waals surface area contributed by atoms with Crippen molar-refractivity contribution in [3.05, 3.63) is 29.6 Å². The minimum atomic E-state index is 0.176. The Labute approximate surface area is 94.7 Å². The highest BCUT2D eigenvalue weighted by Gasteiger charge is 2.27. The smallest absolute Gasteiger partial charge is 0.112 e. The summed E-state index contributed by atoms with van der Waals surface area (Å²) in [7, 11) is 0. The molecule has 1 aliphatic rings. The second-order valence-electron chi connectivity index (χ2n) is 4.59. The molecule has 3 rings (SSSR count). The van der Waals surface area contributed by atoms with E-state index in [9.17, 15) is 0 Å². The number of fused-ring (bicyclic) bond motifs is 1. The number of imidazole rings is 1. The molecule has 0 saturated heterocycles. The predicted molar refractivity (Wildman–Crippen MR) is 63.5 cm³/mol. The summed E-state index contributed by atoms with van der Waals surface area (Å²) >= 11 is 0. The van der Waals surface area contributed by atoms with Crippen LogP contribution in [0.4, 0.5) is 0 Å². The Morgan fingerprint density at radius 1 is 1.44 bits per heavy atom. The molecule has 1 aliphatic carbocycles. The summed E-state index contributed by atoms with van der Waals surface area (Å²) in [6.07, 6.45) is 3.15. The second kappa shape index (κ2) is 3.59. The molecule has 3 heteroatoms. The van der Waals surface area contributed by atoms with Gasteiger partial charge in [0, 0.05) is 12.5 Å². The first kappa shape index (κ1) is 9.85. The summed E-state index contributed by atoms with van der Waals surface area (Å²) in [4.78, 5) is 4.63. The minimum Gasteiger partial charge on any atom is -0.396 e. The van der Waals surface area contributed by atoms with Crippen molar-refractivity contribution in [1.82, 2.24) is 9.55 Å². The Morgan fingerprint density at radius 2 is 2.25 bits per heavy atom. The number of rotatable bonds is 3. The fraction of sp³-hybridized carbons (Fsp3) is 0.462. The van der Waals surface area contributed by atoms with Crippen molar-refractivity contribution in [2.75, 3.05) is 6.61 Å². The normalized spacial score (nSPS) is 15.9. The van der Waals surface area contributed by atoms with Crippen LogP contribution >= 0.6 is 0 Å². The Balaban J connectivity index is 2.20. The first-order valence-corrected chi connectivity index (χ1v) is 5.88. The molecule has 16 heavy (non-hydrogen) atoms. The van der Waals surface area contributed by atoms with Crippen molar-refractivity contribution in [2.24, 2.45) is 0 Å². The van der Waals surface area contributed by atoms with Crippen molar-refractivity contribution in [3.8, 4) is 0 Å². The molecule has 3 nitrogen and oxygen atoms in total. The van der Waals surface area contributed by atoms with E-state index in [1.807, 2.05) is 0 Å². The third-order valence-electron chi connectivity index (χ3n) is 3.17. The molecule has 1 fully saturated rings. The summed E-state index contributed by atoms with van der Waals surface area (Å²) in [6.45, 7) is 2.26. The quantitative estimate of drug-likeness (QED) is 0.854. The molecule has 0 unspecified atom stereocenters. The Bertz CT molecular complexity index is 526. The largest absolute Gasteiger partial charge is 0.396 e. The second-order valence-corrected chi connectivity index (χ2v) is 4.59. The Hall–Kier alpha value is -1.35. The van der Waals surface area contributed by atoms with E-state index in [0.29, 0.717) is 12.5 Å². The number of aliphatic hydroxyl groups is 1. The molecule has 1 aromatic heterocycles. The third-order valence-corrected chi connectivity index (χ3v) is 3.17. The molecule has 0 amide bonds. The van der Waals surface area contributed by atoms with Gasteiger partial charge in [0.1, 0.15) is 5.82 Å². The van der Waals surface area contributed by atoms with Gasteiger partial charge in [-0.15, -0.1) is 0 Å². The molecule has 1 saturated carbocycles. The lowest BCUT2D eigenvalue weighted by molar-refractivity contribution is 0.295. The van der Waals surface area contributed by atoms with Gasteiger partial charge >= 0.3 is 0 Å². The van der Waals surface area contributed by atoms with E-state index >= 15 is 0 Å². The van der Waals surface area contributed by atoms with Crippen LogP contribution in [0.25, 0.3) is 11.0 Å². The summed E-state index contributed by atoms with van der Waals surface area (Å²) in [5.41, 5.74) is 3.52. The van der Waals surface area contributed by atoms with E-state index in [1.165, 1.54) is 23.9 Å². The molecular weight excluding hydrogens is 200 g/mol. The first-order valence-electron chi connectivity index (χ1n) is 5.88. The average molecular weight is 216 g/mol. The minimum absolute atomic E-state index is 0.176. The van der Waals surface area contributed by atoms with Gasteiger partial charge < -0.3 is 9.67 Å². The molecule has 84 valence electrons. The zero-order valence-corrected chi connectivity index (χ0v) is 9.48. The van der Waals surface area contributed by atoms with E-state index in [2.05, 4.69) is 34.7 Å². The topological polar surface area (TPSA) is 38.1 Å². The lowest BCUT2D eigenvalue weighted by Gasteiger charge is -2.05. The molecule has 0 radical (unpaired) electrons. The van der Waals surface area contributed by atoms with Crippen molar-refractivity contribution < 1.29 is 5.11 Å². The zero-order chi connectivity index (χ0) is 11.1. The van der Waals surface area contributed by atoms with Gasteiger partial charge in [0.25, 0.3) is 0 Å². The molecule has 0 atom stereocenters. The standard InChI is InChI=1S/C13H16N2O/c1-9-2-5-12-11(8-9)14-13(6-7-16)15(12)10-3-4-10/h2,5,8,10,16H,3-4,6-7H2,1H3.